The molecule has 4 rings (SSSR count). The molecule has 0 atom stereocenters. The Bertz CT molecular complexity index is 966. The Morgan fingerprint density at radius 3 is 2.26 bits per heavy atom. The smallest absolute Gasteiger partial charge is 0.205 e. The monoisotopic (exact) mass is 318 g/mol. The molecule has 0 spiro atoms. The van der Waals surface area contributed by atoms with E-state index in [1.54, 1.807) is 5.38 Å². The Labute approximate surface area is 137 Å². The number of nitrogens with two attached hydrogens (primary N) is 1. The molecular weight excluding hydrogens is 304 g/mol. The third-order valence-electron chi connectivity index (χ3n) is 3.69. The summed E-state index contributed by atoms with van der Waals surface area (Å²) in [6.07, 6.45) is 1.85. The normalized spacial score (nSPS) is 11.5. The molecule has 112 valence electrons. The third-order valence-corrected chi connectivity index (χ3v) is 4.45. The molecule has 0 bridgehead atoms. The van der Waals surface area contributed by atoms with Crippen molar-refractivity contribution in [1.29, 1.82) is 0 Å². The maximum Gasteiger partial charge on any atom is 0.205 e. The second kappa shape index (κ2) is 5.70. The Morgan fingerprint density at radius 1 is 1.00 bits per heavy atom. The van der Waals surface area contributed by atoms with Crippen LogP contribution in [0.1, 0.15) is 5.56 Å². The van der Waals surface area contributed by atoms with Crippen molar-refractivity contribution in [1.82, 2.24) is 4.98 Å². The lowest BCUT2D eigenvalue weighted by molar-refractivity contribution is 1.29. The van der Waals surface area contributed by atoms with Crippen molar-refractivity contribution < 1.29 is 0 Å². The molecule has 0 aliphatic carbocycles. The number of hydrogen-bond donors (Lipinski definition) is 2. The summed E-state index contributed by atoms with van der Waals surface area (Å²) in [5, 5.41) is 11.6. The van der Waals surface area contributed by atoms with Crippen LogP contribution in [0, 0.1) is 0 Å². The van der Waals surface area contributed by atoms with E-state index in [9.17, 15) is 0 Å². The zero-order chi connectivity index (χ0) is 15.6. The van der Waals surface area contributed by atoms with Gasteiger partial charge in [0.15, 0.2) is 0 Å². The molecule has 4 aromatic rings. The van der Waals surface area contributed by atoms with Gasteiger partial charge in [-0.3, -0.25) is 5.43 Å². The van der Waals surface area contributed by atoms with Gasteiger partial charge in [0.2, 0.25) is 5.13 Å². The van der Waals surface area contributed by atoms with Gasteiger partial charge in [-0.15, -0.1) is 11.3 Å². The van der Waals surface area contributed by atoms with Crippen LogP contribution in [0.25, 0.3) is 21.5 Å². The largest absolute Gasteiger partial charge is 0.383 e. The molecule has 1 heterocycles. The molecule has 5 heteroatoms. The second-order valence-electron chi connectivity index (χ2n) is 5.18. The molecular formula is C18H14N4S. The van der Waals surface area contributed by atoms with Crippen LogP contribution in [0.15, 0.2) is 65.1 Å². The molecule has 0 radical (unpaired) electrons. The van der Waals surface area contributed by atoms with Crippen LogP contribution >= 0.6 is 11.3 Å². The molecule has 3 aromatic carbocycles. The number of nitrogens with zero attached hydrogens (tertiary/aromatic N) is 2. The summed E-state index contributed by atoms with van der Waals surface area (Å²) in [6.45, 7) is 0. The van der Waals surface area contributed by atoms with Crippen molar-refractivity contribution in [2.75, 3.05) is 11.2 Å². The highest BCUT2D eigenvalue weighted by Crippen LogP contribution is 2.27. The van der Waals surface area contributed by atoms with E-state index in [4.69, 9.17) is 5.73 Å². The van der Waals surface area contributed by atoms with Crippen LogP contribution < -0.4 is 11.2 Å². The number of nitrogen functional groups attached to an aromatic ring is 1. The fraction of sp³-hybridized carbons (Fsp3) is 0. The zero-order valence-electron chi connectivity index (χ0n) is 12.2. The number of aromatic nitrogens is 1. The molecule has 0 aliphatic heterocycles. The average molecular weight is 318 g/mol. The summed E-state index contributed by atoms with van der Waals surface area (Å²) < 4.78 is 0. The van der Waals surface area contributed by atoms with Crippen LogP contribution in [0.2, 0.25) is 0 Å². The minimum Gasteiger partial charge on any atom is -0.383 e. The van der Waals surface area contributed by atoms with Crippen LogP contribution in [-0.4, -0.2) is 11.2 Å². The molecule has 0 saturated heterocycles. The summed E-state index contributed by atoms with van der Waals surface area (Å²) in [4.78, 5) is 4.14. The van der Waals surface area contributed by atoms with Crippen LogP contribution in [0.5, 0.6) is 0 Å². The Balaban J connectivity index is 1.82. The van der Waals surface area contributed by atoms with E-state index in [-0.39, 0.29) is 0 Å². The van der Waals surface area contributed by atoms with Gasteiger partial charge in [-0.2, -0.15) is 5.10 Å². The van der Waals surface area contributed by atoms with Gasteiger partial charge in [-0.25, -0.2) is 4.98 Å². The van der Waals surface area contributed by atoms with E-state index in [1.165, 1.54) is 32.9 Å². The van der Waals surface area contributed by atoms with E-state index >= 15 is 0 Å². The first-order valence-corrected chi connectivity index (χ1v) is 8.10. The van der Waals surface area contributed by atoms with E-state index in [1.807, 2.05) is 18.3 Å². The van der Waals surface area contributed by atoms with E-state index in [2.05, 4.69) is 58.0 Å². The van der Waals surface area contributed by atoms with Gasteiger partial charge >= 0.3 is 0 Å². The minimum absolute atomic E-state index is 0.503. The highest BCUT2D eigenvalue weighted by atomic mass is 32.1. The fourth-order valence-corrected chi connectivity index (χ4v) is 3.23. The summed E-state index contributed by atoms with van der Waals surface area (Å²) >= 11 is 1.43. The summed E-state index contributed by atoms with van der Waals surface area (Å²) in [5.41, 5.74) is 9.65. The number of anilines is 2. The number of rotatable bonds is 3. The fourth-order valence-electron chi connectivity index (χ4n) is 2.68. The lowest BCUT2D eigenvalue weighted by atomic mass is 9.97. The van der Waals surface area contributed by atoms with Gasteiger partial charge in [-0.1, -0.05) is 48.5 Å². The molecule has 3 N–H and O–H groups in total. The molecule has 0 aliphatic rings. The van der Waals surface area contributed by atoms with Gasteiger partial charge in [-0.05, 0) is 27.6 Å². The standard InChI is InChI=1S/C18H14N4S/c19-17-11-23-18(21-17)22-20-10-16-14-7-3-1-5-12(14)9-13-6-2-4-8-15(13)16/h1-11H,19H2,(H,21,22). The molecule has 0 fully saturated rings. The molecule has 0 amide bonds. The molecule has 23 heavy (non-hydrogen) atoms. The van der Waals surface area contributed by atoms with Gasteiger partial charge in [0.25, 0.3) is 0 Å². The Hall–Kier alpha value is -2.92. The third kappa shape index (κ3) is 2.62. The molecule has 0 unspecified atom stereocenters. The number of benzene rings is 3. The van der Waals surface area contributed by atoms with Crippen molar-refractivity contribution in [3.05, 3.63) is 65.5 Å². The molecule has 1 aromatic heterocycles. The van der Waals surface area contributed by atoms with Crippen molar-refractivity contribution >= 4 is 50.0 Å². The molecule has 4 nitrogen and oxygen atoms in total. The first-order chi connectivity index (χ1) is 11.3. The summed E-state index contributed by atoms with van der Waals surface area (Å²) in [6, 6.07) is 18.9. The van der Waals surface area contributed by atoms with Crippen LogP contribution in [0.4, 0.5) is 10.9 Å². The van der Waals surface area contributed by atoms with Gasteiger partial charge in [0.1, 0.15) is 5.82 Å². The van der Waals surface area contributed by atoms with Crippen molar-refractivity contribution in [3.63, 3.8) is 0 Å². The SMILES string of the molecule is Nc1csc(NN=Cc2c3ccccc3cc3ccccc23)n1. The van der Waals surface area contributed by atoms with Gasteiger partial charge < -0.3 is 5.73 Å². The summed E-state index contributed by atoms with van der Waals surface area (Å²) in [5.74, 6) is 0.503. The lowest BCUT2D eigenvalue weighted by Crippen LogP contribution is -1.93. The number of hydrogen-bond acceptors (Lipinski definition) is 5. The Morgan fingerprint density at radius 2 is 1.65 bits per heavy atom. The first kappa shape index (κ1) is 13.7. The average Bonchev–Trinajstić information content (AvgIpc) is 2.99. The van der Waals surface area contributed by atoms with E-state index in [0.717, 1.165) is 5.56 Å². The number of hydrazone groups is 1. The quantitative estimate of drug-likeness (QED) is 0.332. The number of fused-ring (bicyclic) bond motifs is 2. The van der Waals surface area contributed by atoms with Gasteiger partial charge in [0, 0.05) is 10.9 Å². The highest BCUT2D eigenvalue weighted by molar-refractivity contribution is 7.14. The van der Waals surface area contributed by atoms with Crippen LogP contribution in [-0.2, 0) is 0 Å². The predicted octanol–water partition coefficient (Wildman–Crippen LogP) is 4.48. The van der Waals surface area contributed by atoms with Crippen molar-refractivity contribution in [2.24, 2.45) is 5.10 Å². The maximum absolute atomic E-state index is 5.62. The minimum atomic E-state index is 0.503. The van der Waals surface area contributed by atoms with Crippen molar-refractivity contribution in [2.45, 2.75) is 0 Å². The van der Waals surface area contributed by atoms with Gasteiger partial charge in [0.05, 0.1) is 6.21 Å². The number of thiazole rings is 1. The van der Waals surface area contributed by atoms with Crippen molar-refractivity contribution in [3.8, 4) is 0 Å². The van der Waals surface area contributed by atoms with E-state index < -0.39 is 0 Å². The lowest BCUT2D eigenvalue weighted by Gasteiger charge is -2.07. The maximum atomic E-state index is 5.62. The van der Waals surface area contributed by atoms with Crippen LogP contribution in [0.3, 0.4) is 0 Å². The predicted molar refractivity (Wildman–Crippen MR) is 99.2 cm³/mol. The topological polar surface area (TPSA) is 63.3 Å². The number of nitrogens with one attached hydrogen (secondary N) is 1. The molecule has 0 saturated carbocycles. The Kier molecular flexibility index (Phi) is 3.40. The second-order valence-corrected chi connectivity index (χ2v) is 6.04. The first-order valence-electron chi connectivity index (χ1n) is 7.22. The summed E-state index contributed by atoms with van der Waals surface area (Å²) in [7, 11) is 0. The van der Waals surface area contributed by atoms with E-state index in [0.29, 0.717) is 10.9 Å². The highest BCUT2D eigenvalue weighted by Gasteiger charge is 2.05. The zero-order valence-corrected chi connectivity index (χ0v) is 13.0.